The second-order valence-electron chi connectivity index (χ2n) is 7.15. The lowest BCUT2D eigenvalue weighted by atomic mass is 10.0. The van der Waals surface area contributed by atoms with Crippen LogP contribution in [0.2, 0.25) is 0 Å². The van der Waals surface area contributed by atoms with Gasteiger partial charge in [-0.1, -0.05) is 18.2 Å². The molecule has 28 heavy (non-hydrogen) atoms. The lowest BCUT2D eigenvalue weighted by Gasteiger charge is -2.25. The molecule has 0 aliphatic carbocycles. The van der Waals surface area contributed by atoms with Gasteiger partial charge in [0.05, 0.1) is 26.3 Å². The molecule has 1 amide bonds. The first-order valence-electron chi connectivity index (χ1n) is 9.52. The molecule has 0 saturated carbocycles. The van der Waals surface area contributed by atoms with E-state index in [0.717, 1.165) is 29.9 Å². The predicted molar refractivity (Wildman–Crippen MR) is 114 cm³/mol. The molecule has 2 aromatic carbocycles. The van der Waals surface area contributed by atoms with Crippen LogP contribution in [0.3, 0.4) is 0 Å². The number of fused-ring (bicyclic) bond motifs is 2. The van der Waals surface area contributed by atoms with Gasteiger partial charge in [0.1, 0.15) is 0 Å². The molecule has 0 unspecified atom stereocenters. The third kappa shape index (κ3) is 3.46. The summed E-state index contributed by atoms with van der Waals surface area (Å²) in [5, 5.41) is 4.33. The lowest BCUT2D eigenvalue weighted by molar-refractivity contribution is -0.118. The van der Waals surface area contributed by atoms with E-state index in [1.165, 1.54) is 20.5 Å². The Morgan fingerprint density at radius 3 is 2.89 bits per heavy atom. The van der Waals surface area contributed by atoms with E-state index < -0.39 is 0 Å². The van der Waals surface area contributed by atoms with E-state index in [4.69, 9.17) is 4.74 Å². The van der Waals surface area contributed by atoms with Gasteiger partial charge >= 0.3 is 0 Å². The van der Waals surface area contributed by atoms with Crippen molar-refractivity contribution in [2.75, 3.05) is 38.2 Å². The topological polar surface area (TPSA) is 53.9 Å². The Morgan fingerprint density at radius 1 is 1.18 bits per heavy atom. The zero-order chi connectivity index (χ0) is 18.9. The second-order valence-corrected chi connectivity index (χ2v) is 8.23. The number of amides is 1. The van der Waals surface area contributed by atoms with Crippen LogP contribution < -0.4 is 5.32 Å². The Hall–Kier alpha value is -2.54. The first kappa shape index (κ1) is 17.6. The first-order chi connectivity index (χ1) is 13.8. The van der Waals surface area contributed by atoms with Crippen LogP contribution in [-0.4, -0.2) is 49.9 Å². The van der Waals surface area contributed by atoms with E-state index in [9.17, 15) is 4.79 Å². The van der Waals surface area contributed by atoms with Crippen LogP contribution in [-0.2, 0) is 16.1 Å². The molecule has 0 bridgehead atoms. The van der Waals surface area contributed by atoms with Crippen LogP contribution in [0.15, 0.2) is 47.5 Å². The summed E-state index contributed by atoms with van der Waals surface area (Å²) in [6.07, 6.45) is 1.91. The standard InChI is InChI=1S/C22H21N3O2S/c26-22(14-25-5-7-27-8-6-25)24-17-9-16-12-23-13-19(16)18(11-17)21-10-15-3-1-2-4-20(15)28-21/h1-4,9-12H,5-8,13-14H2,(H,24,26). The number of hydrogen-bond donors (Lipinski definition) is 1. The number of hydrogen-bond acceptors (Lipinski definition) is 5. The predicted octanol–water partition coefficient (Wildman–Crippen LogP) is 3.77. The molecule has 2 aliphatic heterocycles. The van der Waals surface area contributed by atoms with Gasteiger partial charge in [0.2, 0.25) is 5.91 Å². The fraction of sp³-hybridized carbons (Fsp3) is 0.273. The maximum atomic E-state index is 12.5. The van der Waals surface area contributed by atoms with Crippen LogP contribution >= 0.6 is 11.3 Å². The van der Waals surface area contributed by atoms with E-state index >= 15 is 0 Å². The SMILES string of the molecule is O=C(CN1CCOCC1)Nc1cc2c(c(-c3cc4ccccc4s3)c1)CN=C2. The number of nitrogens with zero attached hydrogens (tertiary/aromatic N) is 2. The minimum atomic E-state index is 0.0130. The number of aliphatic imine (C=N–C) groups is 1. The molecule has 1 N–H and O–H groups in total. The maximum absolute atomic E-state index is 12.5. The largest absolute Gasteiger partial charge is 0.379 e. The third-order valence-corrected chi connectivity index (χ3v) is 6.36. The van der Waals surface area contributed by atoms with Crippen LogP contribution in [0, 0.1) is 0 Å². The molecule has 6 heteroatoms. The van der Waals surface area contributed by atoms with E-state index in [2.05, 4.69) is 51.6 Å². The Balaban J connectivity index is 1.44. The molecule has 1 aromatic heterocycles. The minimum absolute atomic E-state index is 0.0130. The van der Waals surface area contributed by atoms with Crippen molar-refractivity contribution in [1.82, 2.24) is 4.90 Å². The molecule has 0 atom stereocenters. The smallest absolute Gasteiger partial charge is 0.238 e. The van der Waals surface area contributed by atoms with Crippen molar-refractivity contribution in [3.8, 4) is 10.4 Å². The highest BCUT2D eigenvalue weighted by atomic mass is 32.1. The summed E-state index contributed by atoms with van der Waals surface area (Å²) in [5.41, 5.74) is 4.32. The van der Waals surface area contributed by atoms with Crippen molar-refractivity contribution in [3.63, 3.8) is 0 Å². The summed E-state index contributed by atoms with van der Waals surface area (Å²) in [4.78, 5) is 20.3. The number of thiophene rings is 1. The van der Waals surface area contributed by atoms with Crippen molar-refractivity contribution in [3.05, 3.63) is 53.6 Å². The Bertz CT molecular complexity index is 1030. The molecule has 3 aromatic rings. The number of rotatable bonds is 4. The summed E-state index contributed by atoms with van der Waals surface area (Å²) < 4.78 is 6.62. The van der Waals surface area contributed by atoms with Crippen molar-refractivity contribution in [2.45, 2.75) is 6.54 Å². The van der Waals surface area contributed by atoms with E-state index in [0.29, 0.717) is 26.3 Å². The van der Waals surface area contributed by atoms with E-state index in [1.807, 2.05) is 12.3 Å². The van der Waals surface area contributed by atoms with E-state index in [-0.39, 0.29) is 5.91 Å². The number of benzene rings is 2. The molecule has 142 valence electrons. The highest BCUT2D eigenvalue weighted by molar-refractivity contribution is 7.22. The van der Waals surface area contributed by atoms with Crippen LogP contribution in [0.1, 0.15) is 11.1 Å². The number of ether oxygens (including phenoxy) is 1. The molecular weight excluding hydrogens is 370 g/mol. The Labute approximate surface area is 167 Å². The average molecular weight is 391 g/mol. The molecule has 3 heterocycles. The molecule has 5 nitrogen and oxygen atoms in total. The second kappa shape index (κ2) is 7.47. The van der Waals surface area contributed by atoms with Gasteiger partial charge in [0.15, 0.2) is 0 Å². The van der Waals surface area contributed by atoms with Gasteiger partial charge in [-0.3, -0.25) is 14.7 Å². The molecule has 2 aliphatic rings. The van der Waals surface area contributed by atoms with Gasteiger partial charge < -0.3 is 10.1 Å². The van der Waals surface area contributed by atoms with Crippen LogP contribution in [0.5, 0.6) is 0 Å². The number of carbonyl (C=O) groups excluding carboxylic acids is 1. The minimum Gasteiger partial charge on any atom is -0.379 e. The Kier molecular flexibility index (Phi) is 4.68. The molecule has 0 spiro atoms. The molecule has 1 fully saturated rings. The third-order valence-electron chi connectivity index (χ3n) is 5.21. The zero-order valence-corrected chi connectivity index (χ0v) is 16.3. The summed E-state index contributed by atoms with van der Waals surface area (Å²) >= 11 is 1.78. The van der Waals surface area contributed by atoms with Gasteiger partial charge in [-0.15, -0.1) is 11.3 Å². The van der Waals surface area contributed by atoms with E-state index in [1.54, 1.807) is 11.3 Å². The van der Waals surface area contributed by atoms with Gasteiger partial charge in [0.25, 0.3) is 0 Å². The van der Waals surface area contributed by atoms with Gasteiger partial charge in [-0.2, -0.15) is 0 Å². The normalized spacial score (nSPS) is 16.4. The van der Waals surface area contributed by atoms with Crippen LogP contribution in [0.25, 0.3) is 20.5 Å². The summed E-state index contributed by atoms with van der Waals surface area (Å²) in [7, 11) is 0. The summed E-state index contributed by atoms with van der Waals surface area (Å²) in [6.45, 7) is 4.08. The highest BCUT2D eigenvalue weighted by Gasteiger charge is 2.19. The van der Waals surface area contributed by atoms with Crippen molar-refractivity contribution in [1.29, 1.82) is 0 Å². The average Bonchev–Trinajstić information content (AvgIpc) is 3.34. The summed E-state index contributed by atoms with van der Waals surface area (Å²) in [5.74, 6) is 0.0130. The number of anilines is 1. The first-order valence-corrected chi connectivity index (χ1v) is 10.3. The van der Waals surface area contributed by atoms with Crippen molar-refractivity contribution in [2.24, 2.45) is 4.99 Å². The number of morpholine rings is 1. The zero-order valence-electron chi connectivity index (χ0n) is 15.5. The van der Waals surface area contributed by atoms with Crippen molar-refractivity contribution >= 4 is 39.2 Å². The molecule has 0 radical (unpaired) electrons. The van der Waals surface area contributed by atoms with Crippen LogP contribution in [0.4, 0.5) is 5.69 Å². The Morgan fingerprint density at radius 2 is 2.04 bits per heavy atom. The highest BCUT2D eigenvalue weighted by Crippen LogP contribution is 2.39. The molecular formula is C22H21N3O2S. The van der Waals surface area contributed by atoms with Crippen molar-refractivity contribution < 1.29 is 9.53 Å². The van der Waals surface area contributed by atoms with Gasteiger partial charge in [0, 0.05) is 40.1 Å². The van der Waals surface area contributed by atoms with Gasteiger partial charge in [-0.05, 0) is 40.8 Å². The maximum Gasteiger partial charge on any atom is 0.238 e. The monoisotopic (exact) mass is 391 g/mol. The number of nitrogens with one attached hydrogen (secondary N) is 1. The number of carbonyl (C=O) groups is 1. The molecule has 1 saturated heterocycles. The lowest BCUT2D eigenvalue weighted by Crippen LogP contribution is -2.41. The van der Waals surface area contributed by atoms with Gasteiger partial charge in [-0.25, -0.2) is 0 Å². The molecule has 5 rings (SSSR count). The quantitative estimate of drug-likeness (QED) is 0.737. The summed E-state index contributed by atoms with van der Waals surface area (Å²) in [6, 6.07) is 14.8. The fourth-order valence-electron chi connectivity index (χ4n) is 3.79. The fourth-order valence-corrected chi connectivity index (χ4v) is 4.90.